The fraction of sp³-hybridized carbons (Fsp3) is 0.0769. The third-order valence-corrected chi connectivity index (χ3v) is 3.34. The summed E-state index contributed by atoms with van der Waals surface area (Å²) in [5.41, 5.74) is 1.80. The van der Waals surface area contributed by atoms with Crippen molar-refractivity contribution >= 4 is 23.4 Å². The van der Waals surface area contributed by atoms with Crippen molar-refractivity contribution in [1.29, 1.82) is 0 Å². The van der Waals surface area contributed by atoms with E-state index >= 15 is 0 Å². The SMILES string of the molecule is CSc1ccc(-c2ccc(Cl)cc2)c(O)c1. The van der Waals surface area contributed by atoms with Crippen LogP contribution in [0.3, 0.4) is 0 Å². The molecule has 2 aromatic rings. The van der Waals surface area contributed by atoms with Gasteiger partial charge in [-0.05, 0) is 42.2 Å². The van der Waals surface area contributed by atoms with Crippen LogP contribution < -0.4 is 0 Å². The maximum Gasteiger partial charge on any atom is 0.124 e. The summed E-state index contributed by atoms with van der Waals surface area (Å²) in [6.45, 7) is 0. The molecular weight excluding hydrogens is 240 g/mol. The van der Waals surface area contributed by atoms with Crippen LogP contribution in [0.2, 0.25) is 5.02 Å². The van der Waals surface area contributed by atoms with Crippen LogP contribution in [0.1, 0.15) is 0 Å². The number of hydrogen-bond acceptors (Lipinski definition) is 2. The molecule has 0 aliphatic heterocycles. The molecule has 0 bridgehead atoms. The second-order valence-corrected chi connectivity index (χ2v) is 4.71. The summed E-state index contributed by atoms with van der Waals surface area (Å²) >= 11 is 7.43. The molecule has 1 N–H and O–H groups in total. The fourth-order valence-corrected chi connectivity index (χ4v) is 2.07. The molecule has 16 heavy (non-hydrogen) atoms. The van der Waals surface area contributed by atoms with E-state index in [2.05, 4.69) is 0 Å². The van der Waals surface area contributed by atoms with E-state index in [1.807, 2.05) is 42.7 Å². The van der Waals surface area contributed by atoms with Crippen LogP contribution in [-0.2, 0) is 0 Å². The number of phenols is 1. The van der Waals surface area contributed by atoms with Crippen molar-refractivity contribution in [2.45, 2.75) is 4.90 Å². The minimum absolute atomic E-state index is 0.300. The molecule has 0 aromatic heterocycles. The molecule has 0 unspecified atom stereocenters. The molecule has 0 saturated carbocycles. The molecule has 0 aliphatic carbocycles. The van der Waals surface area contributed by atoms with Crippen LogP contribution >= 0.6 is 23.4 Å². The van der Waals surface area contributed by atoms with Crippen LogP contribution in [0.4, 0.5) is 0 Å². The molecule has 0 spiro atoms. The van der Waals surface area contributed by atoms with Gasteiger partial charge in [0.05, 0.1) is 0 Å². The van der Waals surface area contributed by atoms with Gasteiger partial charge in [0.25, 0.3) is 0 Å². The van der Waals surface area contributed by atoms with Crippen LogP contribution in [0.15, 0.2) is 47.4 Å². The van der Waals surface area contributed by atoms with Gasteiger partial charge in [-0.25, -0.2) is 0 Å². The van der Waals surface area contributed by atoms with E-state index in [1.165, 1.54) is 0 Å². The summed E-state index contributed by atoms with van der Waals surface area (Å²) in [6.07, 6.45) is 1.98. The van der Waals surface area contributed by atoms with Crippen LogP contribution in [0.5, 0.6) is 5.75 Å². The smallest absolute Gasteiger partial charge is 0.124 e. The zero-order valence-electron chi connectivity index (χ0n) is 8.77. The molecule has 0 aliphatic rings. The monoisotopic (exact) mass is 250 g/mol. The number of halogens is 1. The highest BCUT2D eigenvalue weighted by molar-refractivity contribution is 7.98. The third-order valence-electron chi connectivity index (χ3n) is 2.36. The van der Waals surface area contributed by atoms with Crippen molar-refractivity contribution in [3.8, 4) is 16.9 Å². The van der Waals surface area contributed by atoms with Crippen molar-refractivity contribution < 1.29 is 5.11 Å². The largest absolute Gasteiger partial charge is 0.507 e. The molecule has 0 heterocycles. The number of aromatic hydroxyl groups is 1. The maximum atomic E-state index is 9.90. The molecule has 2 rings (SSSR count). The van der Waals surface area contributed by atoms with Gasteiger partial charge in [0, 0.05) is 15.5 Å². The van der Waals surface area contributed by atoms with Gasteiger partial charge in [0.2, 0.25) is 0 Å². The van der Waals surface area contributed by atoms with Crippen molar-refractivity contribution in [3.63, 3.8) is 0 Å². The lowest BCUT2D eigenvalue weighted by atomic mass is 10.1. The number of rotatable bonds is 2. The zero-order valence-corrected chi connectivity index (χ0v) is 10.3. The van der Waals surface area contributed by atoms with Crippen molar-refractivity contribution in [2.24, 2.45) is 0 Å². The molecule has 0 atom stereocenters. The van der Waals surface area contributed by atoms with E-state index < -0.39 is 0 Å². The average Bonchev–Trinajstić information content (AvgIpc) is 2.30. The second kappa shape index (κ2) is 4.81. The lowest BCUT2D eigenvalue weighted by Gasteiger charge is -2.06. The highest BCUT2D eigenvalue weighted by Crippen LogP contribution is 2.32. The summed E-state index contributed by atoms with van der Waals surface area (Å²) in [7, 11) is 0. The van der Waals surface area contributed by atoms with Gasteiger partial charge in [0.15, 0.2) is 0 Å². The van der Waals surface area contributed by atoms with Crippen LogP contribution in [0.25, 0.3) is 11.1 Å². The normalized spacial score (nSPS) is 10.4. The number of thioether (sulfide) groups is 1. The Morgan fingerprint density at radius 1 is 1.06 bits per heavy atom. The molecule has 1 nitrogen and oxygen atoms in total. The summed E-state index contributed by atoms with van der Waals surface area (Å²) in [5, 5.41) is 10.6. The molecule has 0 fully saturated rings. The summed E-state index contributed by atoms with van der Waals surface area (Å²) in [6, 6.07) is 13.1. The van der Waals surface area contributed by atoms with Gasteiger partial charge in [-0.2, -0.15) is 0 Å². The lowest BCUT2D eigenvalue weighted by Crippen LogP contribution is -1.80. The standard InChI is InChI=1S/C13H11ClOS/c1-16-11-6-7-12(13(15)8-11)9-2-4-10(14)5-3-9/h2-8,15H,1H3. The topological polar surface area (TPSA) is 20.2 Å². The minimum Gasteiger partial charge on any atom is -0.507 e. The minimum atomic E-state index is 0.300. The van der Waals surface area contributed by atoms with Gasteiger partial charge in [-0.3, -0.25) is 0 Å². The Labute approximate surface area is 104 Å². The van der Waals surface area contributed by atoms with Crippen LogP contribution in [0, 0.1) is 0 Å². The summed E-state index contributed by atoms with van der Waals surface area (Å²) < 4.78 is 0. The Kier molecular flexibility index (Phi) is 3.42. The molecule has 0 amide bonds. The first-order valence-corrected chi connectivity index (χ1v) is 6.44. The maximum absolute atomic E-state index is 9.90. The van der Waals surface area contributed by atoms with Crippen molar-refractivity contribution in [1.82, 2.24) is 0 Å². The third kappa shape index (κ3) is 2.34. The summed E-state index contributed by atoms with van der Waals surface area (Å²) in [5.74, 6) is 0.300. The van der Waals surface area contributed by atoms with Gasteiger partial charge in [-0.15, -0.1) is 11.8 Å². The Balaban J connectivity index is 2.44. The first-order valence-electron chi connectivity index (χ1n) is 4.83. The number of hydrogen-bond donors (Lipinski definition) is 1. The van der Waals surface area contributed by atoms with E-state index in [4.69, 9.17) is 11.6 Å². The Morgan fingerprint density at radius 3 is 2.31 bits per heavy atom. The fourth-order valence-electron chi connectivity index (χ4n) is 1.51. The molecule has 82 valence electrons. The van der Waals surface area contributed by atoms with Gasteiger partial charge >= 0.3 is 0 Å². The molecule has 0 saturated heterocycles. The van der Waals surface area contributed by atoms with Crippen molar-refractivity contribution in [3.05, 3.63) is 47.5 Å². The lowest BCUT2D eigenvalue weighted by molar-refractivity contribution is 0.476. The average molecular weight is 251 g/mol. The Bertz CT molecular complexity index is 494. The van der Waals surface area contributed by atoms with Gasteiger partial charge in [-0.1, -0.05) is 23.7 Å². The Morgan fingerprint density at radius 2 is 1.75 bits per heavy atom. The molecule has 3 heteroatoms. The molecule has 2 aromatic carbocycles. The first kappa shape index (κ1) is 11.4. The van der Waals surface area contributed by atoms with Gasteiger partial charge in [0.1, 0.15) is 5.75 Å². The number of phenolic OH excluding ortho intramolecular Hbond substituents is 1. The first-order chi connectivity index (χ1) is 7.70. The van der Waals surface area contributed by atoms with E-state index in [9.17, 15) is 5.11 Å². The second-order valence-electron chi connectivity index (χ2n) is 3.39. The highest BCUT2D eigenvalue weighted by Gasteiger charge is 2.04. The summed E-state index contributed by atoms with van der Waals surface area (Å²) in [4.78, 5) is 1.05. The number of benzene rings is 2. The van der Waals surface area contributed by atoms with Gasteiger partial charge < -0.3 is 5.11 Å². The molecular formula is C13H11ClOS. The Hall–Kier alpha value is -1.12. The highest BCUT2D eigenvalue weighted by atomic mass is 35.5. The quantitative estimate of drug-likeness (QED) is 0.796. The van der Waals surface area contributed by atoms with E-state index in [0.29, 0.717) is 10.8 Å². The van der Waals surface area contributed by atoms with Crippen LogP contribution in [-0.4, -0.2) is 11.4 Å². The molecule has 0 radical (unpaired) electrons. The predicted molar refractivity (Wildman–Crippen MR) is 70.3 cm³/mol. The van der Waals surface area contributed by atoms with Crippen molar-refractivity contribution in [2.75, 3.05) is 6.26 Å². The zero-order chi connectivity index (χ0) is 11.5. The van der Waals surface area contributed by atoms with E-state index in [1.54, 1.807) is 17.8 Å². The van der Waals surface area contributed by atoms with E-state index in [-0.39, 0.29) is 0 Å². The predicted octanol–water partition coefficient (Wildman–Crippen LogP) is 4.43. The van der Waals surface area contributed by atoms with E-state index in [0.717, 1.165) is 16.0 Å².